The van der Waals surface area contributed by atoms with E-state index in [1.807, 2.05) is 4.90 Å². The lowest BCUT2D eigenvalue weighted by Crippen LogP contribution is -2.50. The van der Waals surface area contributed by atoms with Crippen LogP contribution >= 0.6 is 0 Å². The summed E-state index contributed by atoms with van der Waals surface area (Å²) in [6.45, 7) is 8.11. The number of nitrogens with zero attached hydrogens (tertiary/aromatic N) is 1. The summed E-state index contributed by atoms with van der Waals surface area (Å²) in [7, 11) is 0. The summed E-state index contributed by atoms with van der Waals surface area (Å²) < 4.78 is 5.00. The molecule has 26 heavy (non-hydrogen) atoms. The van der Waals surface area contributed by atoms with Crippen molar-refractivity contribution in [1.82, 2.24) is 10.2 Å². The Labute approximate surface area is 156 Å². The normalized spacial score (nSPS) is 25.1. The van der Waals surface area contributed by atoms with Crippen LogP contribution in [-0.4, -0.2) is 35.8 Å². The zero-order valence-electron chi connectivity index (χ0n) is 16.3. The molecule has 2 amide bonds. The summed E-state index contributed by atoms with van der Waals surface area (Å²) in [6, 6.07) is 1.98. The van der Waals surface area contributed by atoms with E-state index in [1.165, 1.54) is 31.8 Å². The van der Waals surface area contributed by atoms with E-state index in [4.69, 9.17) is 4.42 Å². The third-order valence-electron chi connectivity index (χ3n) is 6.13. The minimum Gasteiger partial charge on any atom is -0.472 e. The number of piperidine rings is 1. The van der Waals surface area contributed by atoms with Crippen LogP contribution in [0.3, 0.4) is 0 Å². The molecule has 5 nitrogen and oxygen atoms in total. The van der Waals surface area contributed by atoms with Gasteiger partial charge in [0.2, 0.25) is 5.91 Å². The van der Waals surface area contributed by atoms with E-state index in [0.717, 1.165) is 19.3 Å². The number of furan rings is 1. The number of carbonyl (C=O) groups excluding carboxylic acids is 2. The Balaban J connectivity index is 1.52. The third kappa shape index (κ3) is 4.30. The van der Waals surface area contributed by atoms with Gasteiger partial charge in [-0.3, -0.25) is 9.59 Å². The molecule has 2 fully saturated rings. The maximum absolute atomic E-state index is 12.8. The van der Waals surface area contributed by atoms with Gasteiger partial charge in [-0.05, 0) is 43.1 Å². The largest absolute Gasteiger partial charge is 0.472 e. The standard InChI is InChI=1S/C21H32N2O3/c1-21(2,3)17-6-4-5-7-18(17)22-19(24)15-8-11-23(12-9-15)20(25)16-10-13-26-14-16/h10,13-15,17-18H,4-9,11-12H2,1-3H3,(H,22,24). The third-order valence-corrected chi connectivity index (χ3v) is 6.13. The van der Waals surface area contributed by atoms with Crippen molar-refractivity contribution in [2.24, 2.45) is 17.3 Å². The zero-order valence-corrected chi connectivity index (χ0v) is 16.3. The van der Waals surface area contributed by atoms with Gasteiger partial charge in [-0.1, -0.05) is 33.6 Å². The van der Waals surface area contributed by atoms with Crippen molar-refractivity contribution in [2.75, 3.05) is 13.1 Å². The second-order valence-corrected chi connectivity index (χ2v) is 8.95. The maximum atomic E-state index is 12.8. The molecule has 0 radical (unpaired) electrons. The van der Waals surface area contributed by atoms with Crippen LogP contribution in [0.5, 0.6) is 0 Å². The van der Waals surface area contributed by atoms with Crippen molar-refractivity contribution in [2.45, 2.75) is 65.3 Å². The van der Waals surface area contributed by atoms with Crippen molar-refractivity contribution in [3.05, 3.63) is 24.2 Å². The monoisotopic (exact) mass is 360 g/mol. The molecule has 2 aliphatic rings. The first-order chi connectivity index (χ1) is 12.4. The highest BCUT2D eigenvalue weighted by molar-refractivity contribution is 5.94. The minimum atomic E-state index is -0.00214. The van der Waals surface area contributed by atoms with Gasteiger partial charge in [0.25, 0.3) is 5.91 Å². The first kappa shape index (κ1) is 19.0. The molecule has 2 heterocycles. The van der Waals surface area contributed by atoms with Gasteiger partial charge in [0.1, 0.15) is 6.26 Å². The molecule has 2 unspecified atom stereocenters. The van der Waals surface area contributed by atoms with Crippen LogP contribution in [0.2, 0.25) is 0 Å². The van der Waals surface area contributed by atoms with Crippen LogP contribution in [0.4, 0.5) is 0 Å². The van der Waals surface area contributed by atoms with Crippen molar-refractivity contribution >= 4 is 11.8 Å². The molecule has 1 aromatic rings. The topological polar surface area (TPSA) is 62.6 Å². The Bertz CT molecular complexity index is 610. The molecule has 144 valence electrons. The predicted molar refractivity (Wildman–Crippen MR) is 101 cm³/mol. The summed E-state index contributed by atoms with van der Waals surface area (Å²) in [5, 5.41) is 3.36. The van der Waals surface area contributed by atoms with Crippen LogP contribution < -0.4 is 5.32 Å². The molecule has 0 bridgehead atoms. The van der Waals surface area contributed by atoms with Crippen molar-refractivity contribution in [3.8, 4) is 0 Å². The number of hydrogen-bond acceptors (Lipinski definition) is 3. The molecule has 1 saturated heterocycles. The molecule has 0 spiro atoms. The van der Waals surface area contributed by atoms with Crippen LogP contribution in [0.1, 0.15) is 69.7 Å². The fraction of sp³-hybridized carbons (Fsp3) is 0.714. The Kier molecular flexibility index (Phi) is 5.73. The van der Waals surface area contributed by atoms with E-state index in [1.54, 1.807) is 6.07 Å². The van der Waals surface area contributed by atoms with Gasteiger partial charge in [-0.25, -0.2) is 0 Å². The number of carbonyl (C=O) groups is 2. The second-order valence-electron chi connectivity index (χ2n) is 8.95. The molecule has 1 aliphatic heterocycles. The van der Waals surface area contributed by atoms with Crippen LogP contribution in [-0.2, 0) is 4.79 Å². The molecule has 2 atom stereocenters. The quantitative estimate of drug-likeness (QED) is 0.890. The van der Waals surface area contributed by atoms with E-state index >= 15 is 0 Å². The lowest BCUT2D eigenvalue weighted by Gasteiger charge is -2.41. The number of nitrogens with one attached hydrogen (secondary N) is 1. The van der Waals surface area contributed by atoms with Gasteiger partial charge in [-0.15, -0.1) is 0 Å². The van der Waals surface area contributed by atoms with Gasteiger partial charge in [0, 0.05) is 25.0 Å². The summed E-state index contributed by atoms with van der Waals surface area (Å²) in [5.74, 6) is 0.744. The molecule has 1 aliphatic carbocycles. The molecule has 1 aromatic heterocycles. The van der Waals surface area contributed by atoms with Gasteiger partial charge in [0.05, 0.1) is 11.8 Å². The van der Waals surface area contributed by atoms with E-state index in [9.17, 15) is 9.59 Å². The van der Waals surface area contributed by atoms with E-state index in [2.05, 4.69) is 26.1 Å². The second kappa shape index (κ2) is 7.85. The first-order valence-electron chi connectivity index (χ1n) is 9.98. The van der Waals surface area contributed by atoms with E-state index in [0.29, 0.717) is 30.6 Å². The fourth-order valence-corrected chi connectivity index (χ4v) is 4.55. The first-order valence-corrected chi connectivity index (χ1v) is 9.98. The number of amides is 2. The minimum absolute atomic E-state index is 0.00214. The average Bonchev–Trinajstić information content (AvgIpc) is 3.15. The van der Waals surface area contributed by atoms with E-state index < -0.39 is 0 Å². The number of hydrogen-bond donors (Lipinski definition) is 1. The highest BCUT2D eigenvalue weighted by Crippen LogP contribution is 2.38. The lowest BCUT2D eigenvalue weighted by molar-refractivity contribution is -0.128. The number of likely N-dealkylation sites (tertiary alicyclic amines) is 1. The maximum Gasteiger partial charge on any atom is 0.257 e. The molecule has 5 heteroatoms. The van der Waals surface area contributed by atoms with E-state index in [-0.39, 0.29) is 23.1 Å². The summed E-state index contributed by atoms with van der Waals surface area (Å²) in [4.78, 5) is 27.0. The van der Waals surface area contributed by atoms with Gasteiger partial charge in [-0.2, -0.15) is 0 Å². The lowest BCUT2D eigenvalue weighted by atomic mass is 9.69. The smallest absolute Gasteiger partial charge is 0.257 e. The highest BCUT2D eigenvalue weighted by Gasteiger charge is 2.36. The molecule has 0 aromatic carbocycles. The molecular formula is C21H32N2O3. The highest BCUT2D eigenvalue weighted by atomic mass is 16.3. The molecule has 3 rings (SSSR count). The average molecular weight is 360 g/mol. The molecule has 1 saturated carbocycles. The van der Waals surface area contributed by atoms with Crippen LogP contribution in [0.15, 0.2) is 23.0 Å². The van der Waals surface area contributed by atoms with Crippen molar-refractivity contribution < 1.29 is 14.0 Å². The number of rotatable bonds is 3. The summed E-state index contributed by atoms with van der Waals surface area (Å²) >= 11 is 0. The van der Waals surface area contributed by atoms with Crippen molar-refractivity contribution in [1.29, 1.82) is 0 Å². The summed E-state index contributed by atoms with van der Waals surface area (Å²) in [5.41, 5.74) is 0.807. The van der Waals surface area contributed by atoms with Crippen LogP contribution in [0, 0.1) is 17.3 Å². The molecular weight excluding hydrogens is 328 g/mol. The molecule has 1 N–H and O–H groups in total. The Morgan fingerprint density at radius 1 is 1.12 bits per heavy atom. The van der Waals surface area contributed by atoms with Gasteiger partial charge < -0.3 is 14.6 Å². The van der Waals surface area contributed by atoms with Gasteiger partial charge in [0.15, 0.2) is 0 Å². The SMILES string of the molecule is CC(C)(C)C1CCCCC1NC(=O)C1CCN(C(=O)c2ccoc2)CC1. The zero-order chi connectivity index (χ0) is 18.7. The predicted octanol–water partition coefficient (Wildman–Crippen LogP) is 3.85. The van der Waals surface area contributed by atoms with Crippen LogP contribution in [0.25, 0.3) is 0 Å². The Morgan fingerprint density at radius 3 is 2.42 bits per heavy atom. The van der Waals surface area contributed by atoms with Crippen molar-refractivity contribution in [3.63, 3.8) is 0 Å². The Hall–Kier alpha value is -1.78. The summed E-state index contributed by atoms with van der Waals surface area (Å²) in [6.07, 6.45) is 9.24. The Morgan fingerprint density at radius 2 is 1.81 bits per heavy atom. The fourth-order valence-electron chi connectivity index (χ4n) is 4.55. The van der Waals surface area contributed by atoms with Gasteiger partial charge >= 0.3 is 0 Å².